The lowest BCUT2D eigenvalue weighted by atomic mass is 9.92. The monoisotopic (exact) mass is 437 g/mol. The van der Waals surface area contributed by atoms with Gasteiger partial charge in [0.25, 0.3) is 0 Å². The van der Waals surface area contributed by atoms with Gasteiger partial charge in [0.05, 0.1) is 16.3 Å². The molecule has 2 aliphatic rings. The molecule has 5 nitrogen and oxygen atoms in total. The van der Waals surface area contributed by atoms with E-state index in [1.54, 1.807) is 35.4 Å². The SMILES string of the molecule is O=C1C2=CC=CCN2C(Cc2ccc(Cl)nc2)N(O)C1c1c(F)ccc(Cl)c1F. The van der Waals surface area contributed by atoms with Crippen molar-refractivity contribution in [1.82, 2.24) is 14.9 Å². The predicted octanol–water partition coefficient (Wildman–Crippen LogP) is 4.31. The van der Waals surface area contributed by atoms with Gasteiger partial charge in [-0.2, -0.15) is 5.06 Å². The van der Waals surface area contributed by atoms with Crippen LogP contribution in [-0.2, 0) is 11.2 Å². The van der Waals surface area contributed by atoms with Crippen LogP contribution in [0.25, 0.3) is 0 Å². The summed E-state index contributed by atoms with van der Waals surface area (Å²) in [4.78, 5) is 18.8. The summed E-state index contributed by atoms with van der Waals surface area (Å²) in [5, 5.41) is 11.6. The largest absolute Gasteiger partial charge is 0.347 e. The van der Waals surface area contributed by atoms with Crippen molar-refractivity contribution >= 4 is 29.0 Å². The van der Waals surface area contributed by atoms with Gasteiger partial charge in [-0.05, 0) is 29.8 Å². The number of nitrogens with zero attached hydrogens (tertiary/aromatic N) is 3. The molecule has 1 aromatic heterocycles. The van der Waals surface area contributed by atoms with Crippen molar-refractivity contribution in [2.24, 2.45) is 0 Å². The Bertz CT molecular complexity index is 1030. The average molecular weight is 438 g/mol. The molecule has 2 unspecified atom stereocenters. The minimum Gasteiger partial charge on any atom is -0.347 e. The zero-order chi connectivity index (χ0) is 20.7. The van der Waals surface area contributed by atoms with Gasteiger partial charge in [0.2, 0.25) is 5.78 Å². The Morgan fingerprint density at radius 3 is 2.72 bits per heavy atom. The second-order valence-corrected chi connectivity index (χ2v) is 7.50. The molecule has 2 aromatic rings. The summed E-state index contributed by atoms with van der Waals surface area (Å²) in [6, 6.07) is 3.80. The van der Waals surface area contributed by atoms with Gasteiger partial charge in [0.15, 0.2) is 0 Å². The Hall–Kier alpha value is -2.32. The lowest BCUT2D eigenvalue weighted by molar-refractivity contribution is -0.210. The van der Waals surface area contributed by atoms with Crippen LogP contribution in [0.1, 0.15) is 17.2 Å². The molecule has 0 bridgehead atoms. The van der Waals surface area contributed by atoms with Crippen LogP contribution in [0.3, 0.4) is 0 Å². The fraction of sp³-hybridized carbons (Fsp3) is 0.200. The van der Waals surface area contributed by atoms with Gasteiger partial charge in [0, 0.05) is 19.2 Å². The average Bonchev–Trinajstić information content (AvgIpc) is 2.72. The molecule has 0 saturated carbocycles. The van der Waals surface area contributed by atoms with Crippen LogP contribution in [0.2, 0.25) is 10.2 Å². The normalized spacial score (nSPS) is 21.9. The van der Waals surface area contributed by atoms with Gasteiger partial charge >= 0.3 is 0 Å². The number of carbonyl (C=O) groups is 1. The van der Waals surface area contributed by atoms with Crippen LogP contribution in [0.4, 0.5) is 8.78 Å². The zero-order valence-electron chi connectivity index (χ0n) is 14.9. The quantitative estimate of drug-likeness (QED) is 0.572. The minimum absolute atomic E-state index is 0.236. The molecular weight excluding hydrogens is 423 g/mol. The van der Waals surface area contributed by atoms with E-state index in [0.717, 1.165) is 17.7 Å². The van der Waals surface area contributed by atoms with E-state index in [2.05, 4.69) is 4.98 Å². The maximum absolute atomic E-state index is 14.7. The molecule has 1 fully saturated rings. The van der Waals surface area contributed by atoms with Crippen molar-refractivity contribution in [2.45, 2.75) is 18.6 Å². The first-order valence-corrected chi connectivity index (χ1v) is 9.53. The number of fused-ring (bicyclic) bond motifs is 1. The van der Waals surface area contributed by atoms with Gasteiger partial charge < -0.3 is 10.1 Å². The number of hydrogen-bond acceptors (Lipinski definition) is 5. The summed E-state index contributed by atoms with van der Waals surface area (Å²) in [5.74, 6) is -2.66. The highest BCUT2D eigenvalue weighted by molar-refractivity contribution is 6.30. The maximum atomic E-state index is 14.7. The first-order valence-electron chi connectivity index (χ1n) is 8.77. The van der Waals surface area contributed by atoms with E-state index in [1.165, 1.54) is 0 Å². The highest BCUT2D eigenvalue weighted by atomic mass is 35.5. The highest BCUT2D eigenvalue weighted by Crippen LogP contribution is 2.39. The number of pyridine rings is 1. The summed E-state index contributed by atoms with van der Waals surface area (Å²) in [7, 11) is 0. The standard InChI is InChI=1S/C20H15Cl2F2N3O2/c21-12-5-6-13(23)17(18(12)24)19-20(28)14-3-1-2-8-26(14)16(27(19)29)9-11-4-7-15(22)25-10-11/h1-7,10,16,19,29H,8-9H2. The molecule has 0 aliphatic carbocycles. The van der Waals surface area contributed by atoms with Crippen molar-refractivity contribution in [3.63, 3.8) is 0 Å². The fourth-order valence-electron chi connectivity index (χ4n) is 3.61. The molecule has 1 aromatic carbocycles. The Balaban J connectivity index is 1.79. The molecular formula is C20H15Cl2F2N3O2. The number of halogens is 4. The lowest BCUT2D eigenvalue weighted by Crippen LogP contribution is -2.58. The van der Waals surface area contributed by atoms with Crippen LogP contribution in [0, 0.1) is 11.6 Å². The molecule has 3 heterocycles. The van der Waals surface area contributed by atoms with E-state index in [0.29, 0.717) is 16.8 Å². The third kappa shape index (κ3) is 3.55. The number of hydroxylamine groups is 2. The Labute approximate surface area is 175 Å². The molecule has 0 radical (unpaired) electrons. The lowest BCUT2D eigenvalue weighted by Gasteiger charge is -2.47. The van der Waals surface area contributed by atoms with E-state index >= 15 is 0 Å². The molecule has 9 heteroatoms. The third-order valence-electron chi connectivity index (χ3n) is 4.99. The Morgan fingerprint density at radius 1 is 1.21 bits per heavy atom. The Morgan fingerprint density at radius 2 is 2.00 bits per heavy atom. The predicted molar refractivity (Wildman–Crippen MR) is 103 cm³/mol. The van der Waals surface area contributed by atoms with E-state index in [-0.39, 0.29) is 17.1 Å². The summed E-state index contributed by atoms with van der Waals surface area (Å²) >= 11 is 11.6. The summed E-state index contributed by atoms with van der Waals surface area (Å²) < 4.78 is 29.2. The second kappa shape index (κ2) is 7.84. The summed E-state index contributed by atoms with van der Waals surface area (Å²) in [6.45, 7) is 0.355. The van der Waals surface area contributed by atoms with Crippen LogP contribution < -0.4 is 0 Å². The first-order chi connectivity index (χ1) is 13.9. The van der Waals surface area contributed by atoms with Gasteiger partial charge in [-0.25, -0.2) is 13.8 Å². The number of allylic oxidation sites excluding steroid dienone is 2. The third-order valence-corrected chi connectivity index (χ3v) is 5.51. The number of Topliss-reactive ketones (excluding diaryl/α,β-unsaturated/α-hetero) is 1. The maximum Gasteiger partial charge on any atom is 0.203 e. The molecule has 4 rings (SSSR count). The fourth-order valence-corrected chi connectivity index (χ4v) is 3.88. The summed E-state index contributed by atoms with van der Waals surface area (Å²) in [5.41, 5.74) is 0.403. The second-order valence-electron chi connectivity index (χ2n) is 6.71. The zero-order valence-corrected chi connectivity index (χ0v) is 16.4. The van der Waals surface area contributed by atoms with E-state index < -0.39 is 35.2 Å². The van der Waals surface area contributed by atoms with Gasteiger partial charge in [0.1, 0.15) is 29.0 Å². The molecule has 2 aliphatic heterocycles. The van der Waals surface area contributed by atoms with Crippen LogP contribution in [0.15, 0.2) is 54.4 Å². The topological polar surface area (TPSA) is 56.7 Å². The molecule has 1 saturated heterocycles. The number of carbonyl (C=O) groups excluding carboxylic acids is 1. The number of benzene rings is 1. The Kier molecular flexibility index (Phi) is 5.40. The molecule has 150 valence electrons. The van der Waals surface area contributed by atoms with Crippen LogP contribution in [-0.4, -0.2) is 38.6 Å². The van der Waals surface area contributed by atoms with E-state index in [4.69, 9.17) is 23.2 Å². The van der Waals surface area contributed by atoms with Crippen molar-refractivity contribution in [3.8, 4) is 0 Å². The van der Waals surface area contributed by atoms with Crippen molar-refractivity contribution in [2.75, 3.05) is 6.54 Å². The minimum atomic E-state index is -1.58. The number of hydrogen-bond donors (Lipinski definition) is 1. The smallest absolute Gasteiger partial charge is 0.203 e. The molecule has 0 spiro atoms. The van der Waals surface area contributed by atoms with Crippen LogP contribution in [0.5, 0.6) is 0 Å². The van der Waals surface area contributed by atoms with Crippen molar-refractivity contribution in [1.29, 1.82) is 0 Å². The van der Waals surface area contributed by atoms with Gasteiger partial charge in [-0.3, -0.25) is 4.79 Å². The summed E-state index contributed by atoms with van der Waals surface area (Å²) in [6.07, 6.45) is 6.09. The molecule has 29 heavy (non-hydrogen) atoms. The van der Waals surface area contributed by atoms with Crippen molar-refractivity contribution < 1.29 is 18.8 Å². The van der Waals surface area contributed by atoms with E-state index in [1.807, 2.05) is 6.08 Å². The number of aromatic nitrogens is 1. The highest BCUT2D eigenvalue weighted by Gasteiger charge is 2.46. The molecule has 2 atom stereocenters. The van der Waals surface area contributed by atoms with Gasteiger partial charge in [-0.15, -0.1) is 0 Å². The van der Waals surface area contributed by atoms with Crippen molar-refractivity contribution in [3.05, 3.63) is 87.3 Å². The first kappa shape index (κ1) is 20.0. The van der Waals surface area contributed by atoms with E-state index in [9.17, 15) is 18.8 Å². The van der Waals surface area contributed by atoms with Crippen LogP contribution >= 0.6 is 23.2 Å². The molecule has 0 amide bonds. The number of ketones is 1. The van der Waals surface area contributed by atoms with Gasteiger partial charge in [-0.1, -0.05) is 41.4 Å². The molecule has 1 N–H and O–H groups in total. The number of rotatable bonds is 3.